The Kier molecular flexibility index (Phi) is 4.76. The molecule has 2 N–H and O–H groups in total. The molecule has 1 aliphatic rings. The summed E-state index contributed by atoms with van der Waals surface area (Å²) in [4.78, 5) is 4.76. The summed E-state index contributed by atoms with van der Waals surface area (Å²) in [5.74, 6) is 0.729. The molecule has 1 aliphatic carbocycles. The predicted molar refractivity (Wildman–Crippen MR) is 75.8 cm³/mol. The number of hydrogen-bond donors (Lipinski definition) is 1. The van der Waals surface area contributed by atoms with Crippen molar-refractivity contribution in [2.24, 2.45) is 11.7 Å². The Morgan fingerprint density at radius 1 is 1.61 bits per heavy atom. The third kappa shape index (κ3) is 2.92. The molecule has 1 heterocycles. The van der Waals surface area contributed by atoms with Gasteiger partial charge in [0.1, 0.15) is 10.6 Å². The summed E-state index contributed by atoms with van der Waals surface area (Å²) < 4.78 is 6.14. The van der Waals surface area contributed by atoms with Crippen LogP contribution in [-0.4, -0.2) is 18.1 Å². The molecular weight excluding hydrogens is 244 g/mol. The second-order valence-electron chi connectivity index (χ2n) is 5.31. The zero-order valence-electron chi connectivity index (χ0n) is 11.4. The van der Waals surface area contributed by atoms with E-state index in [1.807, 2.05) is 0 Å². The maximum Gasteiger partial charge on any atom is 0.125 e. The Morgan fingerprint density at radius 2 is 2.44 bits per heavy atom. The van der Waals surface area contributed by atoms with Crippen LogP contribution in [0.3, 0.4) is 0 Å². The number of nitrogens with zero attached hydrogens (tertiary/aromatic N) is 1. The lowest BCUT2D eigenvalue weighted by molar-refractivity contribution is -0.0821. The zero-order valence-corrected chi connectivity index (χ0v) is 12.3. The van der Waals surface area contributed by atoms with E-state index in [9.17, 15) is 0 Å². The standard InChI is InChI=1S/C14H24N2OS/c1-3-17-14(7-4-5-11(2)9-14)13-16-12(6-8-15)10-18-13/h10-11H,3-9,15H2,1-2H3. The number of nitrogens with two attached hydrogens (primary N) is 1. The number of ether oxygens (including phenoxy) is 1. The Balaban J connectivity index is 2.21. The van der Waals surface area contributed by atoms with Gasteiger partial charge in [-0.15, -0.1) is 11.3 Å². The lowest BCUT2D eigenvalue weighted by atomic mass is 9.79. The lowest BCUT2D eigenvalue weighted by Crippen LogP contribution is -2.35. The Hall–Kier alpha value is -0.450. The molecule has 4 heteroatoms. The fraction of sp³-hybridized carbons (Fsp3) is 0.786. The van der Waals surface area contributed by atoms with Crippen molar-refractivity contribution in [3.8, 4) is 0 Å². The normalized spacial score (nSPS) is 28.5. The molecule has 0 saturated heterocycles. The molecule has 0 bridgehead atoms. The molecule has 0 radical (unpaired) electrons. The fourth-order valence-corrected chi connectivity index (χ4v) is 3.99. The topological polar surface area (TPSA) is 48.1 Å². The minimum absolute atomic E-state index is 0.121. The minimum Gasteiger partial charge on any atom is -0.368 e. The van der Waals surface area contributed by atoms with Crippen LogP contribution in [0.25, 0.3) is 0 Å². The van der Waals surface area contributed by atoms with Crippen LogP contribution in [0.4, 0.5) is 0 Å². The molecule has 3 nitrogen and oxygen atoms in total. The van der Waals surface area contributed by atoms with Crippen LogP contribution >= 0.6 is 11.3 Å². The van der Waals surface area contributed by atoms with Gasteiger partial charge in [-0.3, -0.25) is 0 Å². The van der Waals surface area contributed by atoms with E-state index in [-0.39, 0.29) is 5.60 Å². The Morgan fingerprint density at radius 3 is 3.11 bits per heavy atom. The predicted octanol–water partition coefficient (Wildman–Crippen LogP) is 3.09. The first-order valence-electron chi connectivity index (χ1n) is 6.99. The molecule has 1 saturated carbocycles. The van der Waals surface area contributed by atoms with E-state index in [0.717, 1.165) is 37.5 Å². The van der Waals surface area contributed by atoms with Gasteiger partial charge in [-0.05, 0) is 38.6 Å². The maximum atomic E-state index is 6.14. The molecule has 0 spiro atoms. The molecule has 2 atom stereocenters. The van der Waals surface area contributed by atoms with Gasteiger partial charge in [0.15, 0.2) is 0 Å². The molecule has 102 valence electrons. The van der Waals surface area contributed by atoms with Crippen molar-refractivity contribution >= 4 is 11.3 Å². The van der Waals surface area contributed by atoms with Gasteiger partial charge in [-0.25, -0.2) is 4.98 Å². The summed E-state index contributed by atoms with van der Waals surface area (Å²) in [5, 5.41) is 3.31. The molecule has 2 unspecified atom stereocenters. The second-order valence-corrected chi connectivity index (χ2v) is 6.17. The molecule has 0 amide bonds. The van der Waals surface area contributed by atoms with Gasteiger partial charge in [-0.2, -0.15) is 0 Å². The third-order valence-corrected chi connectivity index (χ3v) is 4.79. The smallest absolute Gasteiger partial charge is 0.125 e. The van der Waals surface area contributed by atoms with E-state index >= 15 is 0 Å². The summed E-state index contributed by atoms with van der Waals surface area (Å²) >= 11 is 1.75. The molecule has 0 aliphatic heterocycles. The highest BCUT2D eigenvalue weighted by Gasteiger charge is 2.39. The van der Waals surface area contributed by atoms with E-state index in [2.05, 4.69) is 19.2 Å². The molecule has 18 heavy (non-hydrogen) atoms. The van der Waals surface area contributed by atoms with Gasteiger partial charge >= 0.3 is 0 Å². The largest absolute Gasteiger partial charge is 0.368 e. The molecule has 2 rings (SSSR count). The third-order valence-electron chi connectivity index (χ3n) is 3.72. The summed E-state index contributed by atoms with van der Waals surface area (Å²) in [7, 11) is 0. The Labute approximate surface area is 114 Å². The van der Waals surface area contributed by atoms with Gasteiger partial charge in [0.2, 0.25) is 0 Å². The van der Waals surface area contributed by atoms with E-state index in [1.54, 1.807) is 11.3 Å². The van der Waals surface area contributed by atoms with Gasteiger partial charge in [0.05, 0.1) is 5.69 Å². The second kappa shape index (κ2) is 6.13. The van der Waals surface area contributed by atoms with E-state index < -0.39 is 0 Å². The highest BCUT2D eigenvalue weighted by molar-refractivity contribution is 7.09. The van der Waals surface area contributed by atoms with E-state index in [4.69, 9.17) is 15.5 Å². The van der Waals surface area contributed by atoms with E-state index in [0.29, 0.717) is 6.54 Å². The van der Waals surface area contributed by atoms with Crippen molar-refractivity contribution in [3.63, 3.8) is 0 Å². The quantitative estimate of drug-likeness (QED) is 0.892. The number of hydrogen-bond acceptors (Lipinski definition) is 4. The number of aromatic nitrogens is 1. The molecule has 1 aromatic heterocycles. The van der Waals surface area contributed by atoms with Crippen molar-refractivity contribution in [2.75, 3.05) is 13.2 Å². The average molecular weight is 268 g/mol. The summed E-state index contributed by atoms with van der Waals surface area (Å²) in [6.45, 7) is 5.83. The minimum atomic E-state index is -0.121. The van der Waals surface area contributed by atoms with Crippen molar-refractivity contribution < 1.29 is 4.74 Å². The zero-order chi connectivity index (χ0) is 13.0. The van der Waals surface area contributed by atoms with Crippen LogP contribution in [-0.2, 0) is 16.8 Å². The first-order chi connectivity index (χ1) is 8.70. The first kappa shape index (κ1) is 14.0. The van der Waals surface area contributed by atoms with Gasteiger partial charge in [-0.1, -0.05) is 13.3 Å². The molecule has 1 fully saturated rings. The van der Waals surface area contributed by atoms with Crippen molar-refractivity contribution in [1.29, 1.82) is 0 Å². The van der Waals surface area contributed by atoms with Gasteiger partial charge in [0, 0.05) is 18.4 Å². The SMILES string of the molecule is CCOC1(c2nc(CCN)cs2)CCCC(C)C1. The summed E-state index contributed by atoms with van der Waals surface area (Å²) in [6, 6.07) is 0. The highest BCUT2D eigenvalue weighted by Crippen LogP contribution is 2.43. The molecular formula is C14H24N2OS. The average Bonchev–Trinajstić information content (AvgIpc) is 2.79. The van der Waals surface area contributed by atoms with Crippen LogP contribution in [0.1, 0.15) is 50.2 Å². The summed E-state index contributed by atoms with van der Waals surface area (Å²) in [6.07, 6.45) is 5.65. The van der Waals surface area contributed by atoms with Crippen LogP contribution in [0.2, 0.25) is 0 Å². The number of rotatable bonds is 5. The van der Waals surface area contributed by atoms with Crippen molar-refractivity contribution in [1.82, 2.24) is 4.98 Å². The fourth-order valence-electron chi connectivity index (χ4n) is 2.95. The summed E-state index contributed by atoms with van der Waals surface area (Å²) in [5.41, 5.74) is 6.59. The van der Waals surface area contributed by atoms with Crippen LogP contribution in [0, 0.1) is 5.92 Å². The molecule has 0 aromatic carbocycles. The number of thiazole rings is 1. The lowest BCUT2D eigenvalue weighted by Gasteiger charge is -2.38. The van der Waals surface area contributed by atoms with Gasteiger partial charge < -0.3 is 10.5 Å². The molecule has 1 aromatic rings. The Bertz CT molecular complexity index is 376. The van der Waals surface area contributed by atoms with Crippen LogP contribution in [0.5, 0.6) is 0 Å². The maximum absolute atomic E-state index is 6.14. The van der Waals surface area contributed by atoms with Gasteiger partial charge in [0.25, 0.3) is 0 Å². The van der Waals surface area contributed by atoms with Crippen LogP contribution in [0.15, 0.2) is 5.38 Å². The first-order valence-corrected chi connectivity index (χ1v) is 7.87. The highest BCUT2D eigenvalue weighted by atomic mass is 32.1. The van der Waals surface area contributed by atoms with Crippen molar-refractivity contribution in [2.45, 2.75) is 51.6 Å². The monoisotopic (exact) mass is 268 g/mol. The van der Waals surface area contributed by atoms with E-state index in [1.165, 1.54) is 17.8 Å². The van der Waals surface area contributed by atoms with Crippen molar-refractivity contribution in [3.05, 3.63) is 16.1 Å². The van der Waals surface area contributed by atoms with Crippen LogP contribution < -0.4 is 5.73 Å².